The van der Waals surface area contributed by atoms with Gasteiger partial charge in [0.25, 0.3) is 5.91 Å². The van der Waals surface area contributed by atoms with Crippen LogP contribution in [0.5, 0.6) is 11.5 Å². The molecule has 6 nitrogen and oxygen atoms in total. The molecule has 0 saturated carbocycles. The van der Waals surface area contributed by atoms with Crippen molar-refractivity contribution in [3.05, 3.63) is 82.5 Å². The van der Waals surface area contributed by atoms with Crippen molar-refractivity contribution < 1.29 is 14.3 Å². The maximum absolute atomic E-state index is 11.9. The van der Waals surface area contributed by atoms with Crippen LogP contribution in [0.1, 0.15) is 11.1 Å². The largest absolute Gasteiger partial charge is 0.496 e. The molecule has 3 rings (SSSR count). The Balaban J connectivity index is 1.54. The molecule has 0 spiro atoms. The first-order valence-electron chi connectivity index (χ1n) is 9.05. The molecule has 154 valence electrons. The number of rotatable bonds is 9. The van der Waals surface area contributed by atoms with Crippen LogP contribution in [0.4, 0.5) is 0 Å². The van der Waals surface area contributed by atoms with E-state index in [9.17, 15) is 4.79 Å². The summed E-state index contributed by atoms with van der Waals surface area (Å²) >= 11 is 4.98. The summed E-state index contributed by atoms with van der Waals surface area (Å²) in [5.74, 6) is 1.76. The molecule has 1 amide bonds. The van der Waals surface area contributed by atoms with Crippen LogP contribution in [0, 0.1) is 0 Å². The summed E-state index contributed by atoms with van der Waals surface area (Å²) in [6.45, 7) is -0.123. The number of hydrogen-bond donors (Lipinski definition) is 1. The highest BCUT2D eigenvalue weighted by Gasteiger charge is 2.06. The van der Waals surface area contributed by atoms with Crippen LogP contribution in [0.3, 0.4) is 0 Å². The maximum Gasteiger partial charge on any atom is 0.277 e. The predicted octanol–water partition coefficient (Wildman–Crippen LogP) is 4.67. The first-order chi connectivity index (χ1) is 14.6. The minimum absolute atomic E-state index is 0.123. The third kappa shape index (κ3) is 6.89. The van der Waals surface area contributed by atoms with Crippen LogP contribution in [0.15, 0.2) is 81.5 Å². The fourth-order valence-electron chi connectivity index (χ4n) is 2.49. The van der Waals surface area contributed by atoms with Crippen molar-refractivity contribution in [2.75, 3.05) is 13.7 Å². The fourth-order valence-corrected chi connectivity index (χ4v) is 3.71. The Labute approximate surface area is 187 Å². The van der Waals surface area contributed by atoms with Gasteiger partial charge in [-0.1, -0.05) is 28.1 Å². The molecule has 0 radical (unpaired) electrons. The highest BCUT2D eigenvalue weighted by molar-refractivity contribution is 9.10. The summed E-state index contributed by atoms with van der Waals surface area (Å²) in [4.78, 5) is 16.2. The minimum atomic E-state index is -0.342. The number of halogens is 1. The monoisotopic (exact) mass is 485 g/mol. The zero-order valence-electron chi connectivity index (χ0n) is 16.2. The Morgan fingerprint density at radius 1 is 1.20 bits per heavy atom. The molecule has 1 N–H and O–H groups in total. The van der Waals surface area contributed by atoms with Gasteiger partial charge in [0.1, 0.15) is 11.5 Å². The molecule has 0 aliphatic rings. The van der Waals surface area contributed by atoms with Crippen molar-refractivity contribution in [1.29, 1.82) is 0 Å². The Kier molecular flexibility index (Phi) is 8.29. The SMILES string of the molecule is COc1ccc(C=NNC(=O)COc2cccc(Br)c2)cc1CSc1ccccn1. The fraction of sp³-hybridized carbons (Fsp3) is 0.136. The molecular weight excluding hydrogens is 466 g/mol. The number of benzene rings is 2. The lowest BCUT2D eigenvalue weighted by Gasteiger charge is -2.09. The number of nitrogens with one attached hydrogen (secondary N) is 1. The Morgan fingerprint density at radius 2 is 2.10 bits per heavy atom. The van der Waals surface area contributed by atoms with Crippen LogP contribution >= 0.6 is 27.7 Å². The molecule has 3 aromatic rings. The summed E-state index contributed by atoms with van der Waals surface area (Å²) < 4.78 is 11.8. The van der Waals surface area contributed by atoms with Crippen molar-refractivity contribution in [3.8, 4) is 11.5 Å². The average molecular weight is 486 g/mol. The normalized spacial score (nSPS) is 10.7. The van der Waals surface area contributed by atoms with Crippen LogP contribution < -0.4 is 14.9 Å². The summed E-state index contributed by atoms with van der Waals surface area (Å²) in [5.41, 5.74) is 4.33. The van der Waals surface area contributed by atoms with Crippen molar-refractivity contribution in [3.63, 3.8) is 0 Å². The molecule has 0 saturated heterocycles. The van der Waals surface area contributed by atoms with Gasteiger partial charge in [-0.05, 0) is 54.1 Å². The Morgan fingerprint density at radius 3 is 2.87 bits per heavy atom. The lowest BCUT2D eigenvalue weighted by atomic mass is 10.1. The van der Waals surface area contributed by atoms with E-state index in [1.165, 1.54) is 0 Å². The third-order valence-electron chi connectivity index (χ3n) is 3.89. The van der Waals surface area contributed by atoms with E-state index in [4.69, 9.17) is 9.47 Å². The van der Waals surface area contributed by atoms with Gasteiger partial charge in [0, 0.05) is 22.0 Å². The van der Waals surface area contributed by atoms with E-state index in [0.717, 1.165) is 26.4 Å². The quantitative estimate of drug-likeness (QED) is 0.270. The Hall–Kier alpha value is -2.84. The molecule has 0 unspecified atom stereocenters. The summed E-state index contributed by atoms with van der Waals surface area (Å²) in [6.07, 6.45) is 3.36. The molecule has 0 atom stereocenters. The zero-order valence-corrected chi connectivity index (χ0v) is 18.7. The van der Waals surface area contributed by atoms with Crippen LogP contribution in [-0.2, 0) is 10.5 Å². The van der Waals surface area contributed by atoms with Crippen LogP contribution in [0.25, 0.3) is 0 Å². The topological polar surface area (TPSA) is 72.8 Å². The van der Waals surface area contributed by atoms with Gasteiger partial charge >= 0.3 is 0 Å². The highest BCUT2D eigenvalue weighted by atomic mass is 79.9. The van der Waals surface area contributed by atoms with E-state index in [1.54, 1.807) is 43.4 Å². The van der Waals surface area contributed by atoms with Crippen LogP contribution in [0.2, 0.25) is 0 Å². The average Bonchev–Trinajstić information content (AvgIpc) is 2.77. The second kappa shape index (κ2) is 11.4. The van der Waals surface area contributed by atoms with Gasteiger partial charge in [0.15, 0.2) is 6.61 Å². The van der Waals surface area contributed by atoms with E-state index in [0.29, 0.717) is 11.5 Å². The number of methoxy groups -OCH3 is 1. The number of amides is 1. The number of ether oxygens (including phenoxy) is 2. The van der Waals surface area contributed by atoms with Crippen molar-refractivity contribution >= 4 is 39.8 Å². The van der Waals surface area contributed by atoms with Crippen molar-refractivity contribution in [2.24, 2.45) is 5.10 Å². The molecule has 0 aliphatic heterocycles. The minimum Gasteiger partial charge on any atom is -0.496 e. The van der Waals surface area contributed by atoms with E-state index in [1.807, 2.05) is 48.5 Å². The van der Waals surface area contributed by atoms with Gasteiger partial charge < -0.3 is 9.47 Å². The second-order valence-electron chi connectivity index (χ2n) is 6.07. The van der Waals surface area contributed by atoms with Gasteiger partial charge in [-0.15, -0.1) is 11.8 Å². The van der Waals surface area contributed by atoms with E-state index in [-0.39, 0.29) is 12.5 Å². The second-order valence-corrected chi connectivity index (χ2v) is 7.98. The zero-order chi connectivity index (χ0) is 21.2. The molecule has 0 bridgehead atoms. The van der Waals surface area contributed by atoms with E-state index < -0.39 is 0 Å². The standard InChI is InChI=1S/C22H20BrN3O3S/c1-28-20-9-8-16(11-17(20)15-30-22-7-2-3-10-24-22)13-25-26-21(27)14-29-19-6-4-5-18(23)12-19/h2-13H,14-15H2,1H3,(H,26,27). The van der Waals surface area contributed by atoms with Crippen molar-refractivity contribution in [1.82, 2.24) is 10.4 Å². The number of thioether (sulfide) groups is 1. The molecule has 2 aromatic carbocycles. The van der Waals surface area contributed by atoms with Gasteiger partial charge in [-0.3, -0.25) is 4.79 Å². The molecule has 1 aromatic heterocycles. The van der Waals surface area contributed by atoms with Gasteiger partial charge in [0.2, 0.25) is 0 Å². The van der Waals surface area contributed by atoms with Gasteiger partial charge in [-0.2, -0.15) is 5.10 Å². The first kappa shape index (κ1) is 21.9. The number of hydrazone groups is 1. The van der Waals surface area contributed by atoms with Crippen LogP contribution in [-0.4, -0.2) is 30.8 Å². The number of aromatic nitrogens is 1. The molecule has 0 fully saturated rings. The van der Waals surface area contributed by atoms with Gasteiger partial charge in [0.05, 0.1) is 18.4 Å². The molecular formula is C22H20BrN3O3S. The molecule has 8 heteroatoms. The summed E-state index contributed by atoms with van der Waals surface area (Å²) in [5, 5.41) is 4.95. The first-order valence-corrected chi connectivity index (χ1v) is 10.8. The van der Waals surface area contributed by atoms with E-state index in [2.05, 4.69) is 31.4 Å². The Bertz CT molecular complexity index is 1020. The number of nitrogens with zero attached hydrogens (tertiary/aromatic N) is 2. The summed E-state index contributed by atoms with van der Waals surface area (Å²) in [7, 11) is 1.64. The maximum atomic E-state index is 11.9. The van der Waals surface area contributed by atoms with E-state index >= 15 is 0 Å². The van der Waals surface area contributed by atoms with Crippen molar-refractivity contribution in [2.45, 2.75) is 10.8 Å². The molecule has 30 heavy (non-hydrogen) atoms. The molecule has 0 aliphatic carbocycles. The summed E-state index contributed by atoms with van der Waals surface area (Å²) in [6, 6.07) is 18.8. The number of pyridine rings is 1. The third-order valence-corrected chi connectivity index (χ3v) is 5.37. The number of carbonyl (C=O) groups excluding carboxylic acids is 1. The highest BCUT2D eigenvalue weighted by Crippen LogP contribution is 2.27. The lowest BCUT2D eigenvalue weighted by Crippen LogP contribution is -2.24. The predicted molar refractivity (Wildman–Crippen MR) is 122 cm³/mol. The van der Waals surface area contributed by atoms with Gasteiger partial charge in [-0.25, -0.2) is 10.4 Å². The number of carbonyl (C=O) groups is 1. The smallest absolute Gasteiger partial charge is 0.277 e. The lowest BCUT2D eigenvalue weighted by molar-refractivity contribution is -0.123. The number of hydrogen-bond acceptors (Lipinski definition) is 6. The molecule has 1 heterocycles.